The summed E-state index contributed by atoms with van der Waals surface area (Å²) in [5.74, 6) is 1.14. The number of anilines is 1. The van der Waals surface area contributed by atoms with E-state index in [0.717, 1.165) is 39.1 Å². The molecule has 6 heteroatoms. The molecule has 1 aromatic rings. The van der Waals surface area contributed by atoms with Crippen molar-refractivity contribution in [1.29, 1.82) is 0 Å². The SMILES string of the molecule is CCC(CC)C(CNC(=O)Nc1ccccn1)N1CCOCC1. The summed E-state index contributed by atoms with van der Waals surface area (Å²) in [5.41, 5.74) is 0. The van der Waals surface area contributed by atoms with Crippen molar-refractivity contribution in [3.63, 3.8) is 0 Å². The number of morpholine rings is 1. The van der Waals surface area contributed by atoms with Crippen molar-refractivity contribution >= 4 is 11.8 Å². The molecule has 2 N–H and O–H groups in total. The first-order valence-corrected chi connectivity index (χ1v) is 8.52. The van der Waals surface area contributed by atoms with Gasteiger partial charge in [-0.15, -0.1) is 0 Å². The van der Waals surface area contributed by atoms with Crippen LogP contribution < -0.4 is 10.6 Å². The lowest BCUT2D eigenvalue weighted by Gasteiger charge is -2.38. The lowest BCUT2D eigenvalue weighted by Crippen LogP contribution is -2.52. The van der Waals surface area contributed by atoms with Gasteiger partial charge in [-0.1, -0.05) is 32.8 Å². The van der Waals surface area contributed by atoms with Gasteiger partial charge in [0.05, 0.1) is 13.2 Å². The molecule has 23 heavy (non-hydrogen) atoms. The van der Waals surface area contributed by atoms with Crippen LogP contribution in [0.15, 0.2) is 24.4 Å². The van der Waals surface area contributed by atoms with Gasteiger partial charge in [0.25, 0.3) is 0 Å². The van der Waals surface area contributed by atoms with E-state index >= 15 is 0 Å². The Hall–Kier alpha value is -1.66. The molecule has 2 amide bonds. The van der Waals surface area contributed by atoms with E-state index in [1.807, 2.05) is 12.1 Å². The van der Waals surface area contributed by atoms with Crippen LogP contribution in [0.3, 0.4) is 0 Å². The first-order chi connectivity index (χ1) is 11.2. The van der Waals surface area contributed by atoms with Crippen LogP contribution >= 0.6 is 0 Å². The fourth-order valence-corrected chi connectivity index (χ4v) is 3.13. The summed E-state index contributed by atoms with van der Waals surface area (Å²) >= 11 is 0. The average Bonchev–Trinajstić information content (AvgIpc) is 2.60. The van der Waals surface area contributed by atoms with Crippen LogP contribution in [0.5, 0.6) is 0 Å². The van der Waals surface area contributed by atoms with Gasteiger partial charge in [0.2, 0.25) is 0 Å². The zero-order valence-corrected chi connectivity index (χ0v) is 14.1. The Morgan fingerprint density at radius 2 is 2.04 bits per heavy atom. The number of aromatic nitrogens is 1. The molecule has 0 bridgehead atoms. The summed E-state index contributed by atoms with van der Waals surface area (Å²) in [5, 5.41) is 5.78. The van der Waals surface area contributed by atoms with E-state index in [9.17, 15) is 4.79 Å². The minimum absolute atomic E-state index is 0.201. The summed E-state index contributed by atoms with van der Waals surface area (Å²) in [6, 6.07) is 5.60. The Morgan fingerprint density at radius 3 is 2.65 bits per heavy atom. The highest BCUT2D eigenvalue weighted by atomic mass is 16.5. The topological polar surface area (TPSA) is 66.5 Å². The predicted octanol–water partition coefficient (Wildman–Crippen LogP) is 2.34. The van der Waals surface area contributed by atoms with Crippen LogP contribution in [-0.2, 0) is 4.74 Å². The second kappa shape index (κ2) is 9.47. The molecule has 2 rings (SSSR count). The number of carbonyl (C=O) groups excluding carboxylic acids is 1. The summed E-state index contributed by atoms with van der Waals surface area (Å²) in [6.07, 6.45) is 3.89. The third-order valence-electron chi connectivity index (χ3n) is 4.49. The van der Waals surface area contributed by atoms with Crippen molar-refractivity contribution in [3.8, 4) is 0 Å². The highest BCUT2D eigenvalue weighted by molar-refractivity contribution is 5.88. The number of amides is 2. The molecule has 2 heterocycles. The molecule has 0 spiro atoms. The Kier molecular flexibility index (Phi) is 7.29. The third-order valence-corrected chi connectivity index (χ3v) is 4.49. The van der Waals surface area contributed by atoms with Crippen LogP contribution in [0, 0.1) is 5.92 Å². The van der Waals surface area contributed by atoms with Crippen molar-refractivity contribution in [3.05, 3.63) is 24.4 Å². The number of nitrogens with one attached hydrogen (secondary N) is 2. The largest absolute Gasteiger partial charge is 0.379 e. The van der Waals surface area contributed by atoms with Crippen LogP contribution in [0.1, 0.15) is 26.7 Å². The molecule has 1 aliphatic heterocycles. The molecule has 128 valence electrons. The molecule has 0 saturated carbocycles. The maximum Gasteiger partial charge on any atom is 0.320 e. The third kappa shape index (κ3) is 5.48. The first kappa shape index (κ1) is 17.7. The molecular weight excluding hydrogens is 292 g/mol. The fraction of sp³-hybridized carbons (Fsp3) is 0.647. The minimum Gasteiger partial charge on any atom is -0.379 e. The normalized spacial score (nSPS) is 17.0. The van der Waals surface area contributed by atoms with Crippen molar-refractivity contribution in [2.75, 3.05) is 38.2 Å². The number of hydrogen-bond acceptors (Lipinski definition) is 4. The molecule has 0 aliphatic carbocycles. The molecule has 0 radical (unpaired) electrons. The van der Waals surface area contributed by atoms with E-state index in [0.29, 0.717) is 24.3 Å². The zero-order valence-electron chi connectivity index (χ0n) is 14.1. The molecule has 1 aromatic heterocycles. The fourth-order valence-electron chi connectivity index (χ4n) is 3.13. The van der Waals surface area contributed by atoms with Gasteiger partial charge in [-0.3, -0.25) is 10.2 Å². The van der Waals surface area contributed by atoms with E-state index < -0.39 is 0 Å². The highest BCUT2D eigenvalue weighted by Gasteiger charge is 2.27. The van der Waals surface area contributed by atoms with E-state index in [1.165, 1.54) is 0 Å². The standard InChI is InChI=1S/C17H28N4O2/c1-3-14(4-2)15(21-9-11-23-12-10-21)13-19-17(22)20-16-7-5-6-8-18-16/h5-8,14-15H,3-4,9-13H2,1-2H3,(H2,18,19,20,22). The molecule has 1 unspecified atom stereocenters. The molecule has 1 fully saturated rings. The summed E-state index contributed by atoms with van der Waals surface area (Å²) in [4.78, 5) is 18.6. The van der Waals surface area contributed by atoms with E-state index in [-0.39, 0.29) is 6.03 Å². The summed E-state index contributed by atoms with van der Waals surface area (Å²) < 4.78 is 5.45. The monoisotopic (exact) mass is 320 g/mol. The lowest BCUT2D eigenvalue weighted by atomic mass is 9.92. The smallest absolute Gasteiger partial charge is 0.320 e. The van der Waals surface area contributed by atoms with E-state index in [1.54, 1.807) is 12.3 Å². The summed E-state index contributed by atoms with van der Waals surface area (Å²) in [7, 11) is 0. The minimum atomic E-state index is -0.201. The molecule has 1 atom stereocenters. The number of pyridine rings is 1. The van der Waals surface area contributed by atoms with Crippen molar-refractivity contribution in [2.24, 2.45) is 5.92 Å². The molecular formula is C17H28N4O2. The van der Waals surface area contributed by atoms with Gasteiger partial charge in [0.15, 0.2) is 0 Å². The Labute approximate surface area is 138 Å². The molecule has 0 aromatic carbocycles. The second-order valence-electron chi connectivity index (χ2n) is 5.84. The average molecular weight is 320 g/mol. The first-order valence-electron chi connectivity index (χ1n) is 8.52. The van der Waals surface area contributed by atoms with Crippen molar-refractivity contribution in [1.82, 2.24) is 15.2 Å². The molecule has 1 aliphatic rings. The second-order valence-corrected chi connectivity index (χ2v) is 5.84. The zero-order chi connectivity index (χ0) is 16.5. The predicted molar refractivity (Wildman–Crippen MR) is 91.5 cm³/mol. The van der Waals surface area contributed by atoms with Gasteiger partial charge >= 0.3 is 6.03 Å². The van der Waals surface area contributed by atoms with Gasteiger partial charge in [0, 0.05) is 31.9 Å². The van der Waals surface area contributed by atoms with E-state index in [2.05, 4.69) is 34.4 Å². The lowest BCUT2D eigenvalue weighted by molar-refractivity contribution is 0.00247. The molecule has 6 nitrogen and oxygen atoms in total. The van der Waals surface area contributed by atoms with Crippen LogP contribution in [0.2, 0.25) is 0 Å². The van der Waals surface area contributed by atoms with Gasteiger partial charge < -0.3 is 10.1 Å². The maximum atomic E-state index is 12.1. The van der Waals surface area contributed by atoms with Gasteiger partial charge in [-0.2, -0.15) is 0 Å². The number of hydrogen-bond donors (Lipinski definition) is 2. The molecule has 1 saturated heterocycles. The van der Waals surface area contributed by atoms with Crippen molar-refractivity contribution in [2.45, 2.75) is 32.7 Å². The number of carbonyl (C=O) groups is 1. The Bertz CT molecular complexity index is 459. The van der Waals surface area contributed by atoms with Gasteiger partial charge in [0.1, 0.15) is 5.82 Å². The number of rotatable bonds is 7. The Balaban J connectivity index is 1.90. The van der Waals surface area contributed by atoms with Crippen LogP contribution in [0.25, 0.3) is 0 Å². The maximum absolute atomic E-state index is 12.1. The number of ether oxygens (including phenoxy) is 1. The quantitative estimate of drug-likeness (QED) is 0.809. The van der Waals surface area contributed by atoms with Crippen molar-refractivity contribution < 1.29 is 9.53 Å². The summed E-state index contributed by atoms with van der Waals surface area (Å²) in [6.45, 7) is 8.50. The Morgan fingerprint density at radius 1 is 1.30 bits per heavy atom. The van der Waals surface area contributed by atoms with Gasteiger partial charge in [-0.05, 0) is 18.1 Å². The number of urea groups is 1. The van der Waals surface area contributed by atoms with E-state index in [4.69, 9.17) is 4.74 Å². The highest BCUT2D eigenvalue weighted by Crippen LogP contribution is 2.19. The van der Waals surface area contributed by atoms with Gasteiger partial charge in [-0.25, -0.2) is 9.78 Å². The van der Waals surface area contributed by atoms with Crippen LogP contribution in [0.4, 0.5) is 10.6 Å². The number of nitrogens with zero attached hydrogens (tertiary/aromatic N) is 2. The van der Waals surface area contributed by atoms with Crippen LogP contribution in [-0.4, -0.2) is 54.8 Å².